The Morgan fingerprint density at radius 3 is 1.81 bits per heavy atom. The van der Waals surface area contributed by atoms with E-state index in [1.54, 1.807) is 0 Å². The Morgan fingerprint density at radius 1 is 1.06 bits per heavy atom. The molecule has 0 N–H and O–H groups in total. The van der Waals surface area contributed by atoms with Crippen molar-refractivity contribution in [1.29, 1.82) is 0 Å². The van der Waals surface area contributed by atoms with Gasteiger partial charge in [-0.3, -0.25) is 0 Å². The van der Waals surface area contributed by atoms with Crippen molar-refractivity contribution in [3.8, 4) is 0 Å². The van der Waals surface area contributed by atoms with Crippen LogP contribution < -0.4 is 0 Å². The largest absolute Gasteiger partial charge is 0.0817 e. The van der Waals surface area contributed by atoms with E-state index in [4.69, 9.17) is 0 Å². The third-order valence-electron chi connectivity index (χ3n) is 2.02. The van der Waals surface area contributed by atoms with E-state index in [2.05, 4.69) is 59.8 Å². The van der Waals surface area contributed by atoms with Gasteiger partial charge in [-0.1, -0.05) is 85.1 Å². The van der Waals surface area contributed by atoms with Crippen LogP contribution >= 0.6 is 0 Å². The first-order valence-electron chi connectivity index (χ1n) is 6.96. The third kappa shape index (κ3) is 23.4. The molecule has 0 bridgehead atoms. The SMILES string of the molecule is CC.CC/C(C)=C/C=C\C(C)CC.CCC. The second-order valence-corrected chi connectivity index (χ2v) is 3.84. The predicted molar refractivity (Wildman–Crippen MR) is 80.0 cm³/mol. The van der Waals surface area contributed by atoms with Crippen molar-refractivity contribution in [3.63, 3.8) is 0 Å². The highest BCUT2D eigenvalue weighted by Gasteiger charge is 1.88. The molecule has 0 aromatic carbocycles. The maximum absolute atomic E-state index is 2.26. The van der Waals surface area contributed by atoms with Crippen LogP contribution in [0.2, 0.25) is 0 Å². The van der Waals surface area contributed by atoms with Gasteiger partial charge in [-0.15, -0.1) is 0 Å². The summed E-state index contributed by atoms with van der Waals surface area (Å²) in [5.74, 6) is 0.718. The van der Waals surface area contributed by atoms with Gasteiger partial charge in [0.05, 0.1) is 0 Å². The van der Waals surface area contributed by atoms with Crippen LogP contribution in [0.5, 0.6) is 0 Å². The van der Waals surface area contributed by atoms with Crippen LogP contribution in [0.4, 0.5) is 0 Å². The Hall–Kier alpha value is -0.520. The highest BCUT2D eigenvalue weighted by atomic mass is 13.9. The minimum Gasteiger partial charge on any atom is -0.0817 e. The average molecular weight is 226 g/mol. The van der Waals surface area contributed by atoms with E-state index in [1.165, 1.54) is 18.4 Å². The van der Waals surface area contributed by atoms with E-state index in [-0.39, 0.29) is 0 Å². The maximum Gasteiger partial charge on any atom is -0.0261 e. The van der Waals surface area contributed by atoms with Crippen molar-refractivity contribution in [3.05, 3.63) is 23.8 Å². The number of rotatable bonds is 4. The van der Waals surface area contributed by atoms with Gasteiger partial charge in [0.15, 0.2) is 0 Å². The molecule has 0 aliphatic carbocycles. The van der Waals surface area contributed by atoms with Crippen LogP contribution in [0, 0.1) is 5.92 Å². The minimum atomic E-state index is 0.718. The average Bonchev–Trinajstić information content (AvgIpc) is 2.32. The molecular formula is C16H34. The molecular weight excluding hydrogens is 192 g/mol. The highest BCUT2D eigenvalue weighted by molar-refractivity contribution is 5.10. The van der Waals surface area contributed by atoms with Crippen molar-refractivity contribution in [1.82, 2.24) is 0 Å². The summed E-state index contributed by atoms with van der Waals surface area (Å²) >= 11 is 0. The Labute approximate surface area is 105 Å². The fourth-order valence-corrected chi connectivity index (χ4v) is 0.663. The molecule has 0 saturated heterocycles. The molecule has 0 spiro atoms. The van der Waals surface area contributed by atoms with Crippen molar-refractivity contribution >= 4 is 0 Å². The molecule has 16 heavy (non-hydrogen) atoms. The second-order valence-electron chi connectivity index (χ2n) is 3.84. The molecule has 0 radical (unpaired) electrons. The lowest BCUT2D eigenvalue weighted by Crippen LogP contribution is -1.82. The summed E-state index contributed by atoms with van der Waals surface area (Å²) in [6.45, 7) is 17.1. The number of allylic oxidation sites excluding steroid dienone is 4. The molecule has 1 atom stereocenters. The van der Waals surface area contributed by atoms with Gasteiger partial charge >= 0.3 is 0 Å². The monoisotopic (exact) mass is 226 g/mol. The van der Waals surface area contributed by atoms with E-state index < -0.39 is 0 Å². The van der Waals surface area contributed by atoms with Gasteiger partial charge in [0.1, 0.15) is 0 Å². The van der Waals surface area contributed by atoms with Crippen molar-refractivity contribution in [2.45, 2.75) is 74.7 Å². The smallest absolute Gasteiger partial charge is 0.0261 e. The summed E-state index contributed by atoms with van der Waals surface area (Å²) in [7, 11) is 0. The normalized spacial score (nSPS) is 12.4. The second kappa shape index (κ2) is 20.0. The van der Waals surface area contributed by atoms with Crippen LogP contribution in [-0.2, 0) is 0 Å². The van der Waals surface area contributed by atoms with Gasteiger partial charge in [0, 0.05) is 0 Å². The summed E-state index contributed by atoms with van der Waals surface area (Å²) in [6, 6.07) is 0. The predicted octanol–water partition coefficient (Wildman–Crippen LogP) is 6.39. The molecule has 0 nitrogen and oxygen atoms in total. The van der Waals surface area contributed by atoms with E-state index >= 15 is 0 Å². The summed E-state index contributed by atoms with van der Waals surface area (Å²) < 4.78 is 0. The molecule has 0 aromatic rings. The Balaban J connectivity index is -0.000000289. The van der Waals surface area contributed by atoms with Gasteiger partial charge in [0.25, 0.3) is 0 Å². The first-order valence-corrected chi connectivity index (χ1v) is 6.96. The van der Waals surface area contributed by atoms with E-state index in [1.807, 2.05) is 13.8 Å². The van der Waals surface area contributed by atoms with Gasteiger partial charge in [0.2, 0.25) is 0 Å². The topological polar surface area (TPSA) is 0 Å². The maximum atomic E-state index is 2.26. The Bertz CT molecular complexity index is 151. The van der Waals surface area contributed by atoms with Crippen molar-refractivity contribution < 1.29 is 0 Å². The minimum absolute atomic E-state index is 0.718. The zero-order valence-corrected chi connectivity index (χ0v) is 12.9. The van der Waals surface area contributed by atoms with Crippen molar-refractivity contribution in [2.24, 2.45) is 5.92 Å². The zero-order valence-electron chi connectivity index (χ0n) is 12.9. The molecule has 0 rings (SSSR count). The third-order valence-corrected chi connectivity index (χ3v) is 2.02. The van der Waals surface area contributed by atoms with Gasteiger partial charge < -0.3 is 0 Å². The molecule has 0 heterocycles. The summed E-state index contributed by atoms with van der Waals surface area (Å²) in [6.07, 6.45) is 10.3. The van der Waals surface area contributed by atoms with E-state index in [0.717, 1.165) is 12.3 Å². The fraction of sp³-hybridized carbons (Fsp3) is 0.750. The number of hydrogen-bond acceptors (Lipinski definition) is 0. The first-order chi connectivity index (χ1) is 7.62. The standard InChI is InChI=1S/C11H20.C3H8.C2H6/c1-5-10(3)8-7-9-11(4)6-2;1-3-2;1-2/h7-10H,5-6H2,1-4H3;3H2,1-2H3;1-2H3/b8-7-,11-9+;;. The quantitative estimate of drug-likeness (QED) is 0.487. The Morgan fingerprint density at radius 2 is 1.50 bits per heavy atom. The molecule has 1 unspecified atom stereocenters. The van der Waals surface area contributed by atoms with Gasteiger partial charge in [-0.25, -0.2) is 0 Å². The first kappa shape index (κ1) is 20.8. The van der Waals surface area contributed by atoms with Crippen LogP contribution in [0.1, 0.15) is 74.7 Å². The van der Waals surface area contributed by atoms with Crippen molar-refractivity contribution in [2.75, 3.05) is 0 Å². The summed E-state index contributed by atoms with van der Waals surface area (Å²) in [5.41, 5.74) is 1.45. The van der Waals surface area contributed by atoms with Crippen LogP contribution in [0.25, 0.3) is 0 Å². The molecule has 0 heteroatoms. The van der Waals surface area contributed by atoms with Crippen LogP contribution in [0.3, 0.4) is 0 Å². The summed E-state index contributed by atoms with van der Waals surface area (Å²) in [5, 5.41) is 0. The van der Waals surface area contributed by atoms with E-state index in [0.29, 0.717) is 0 Å². The summed E-state index contributed by atoms with van der Waals surface area (Å²) in [4.78, 5) is 0. The molecule has 0 saturated carbocycles. The molecule has 98 valence electrons. The lowest BCUT2D eigenvalue weighted by Gasteiger charge is -1.97. The van der Waals surface area contributed by atoms with E-state index in [9.17, 15) is 0 Å². The van der Waals surface area contributed by atoms with Crippen LogP contribution in [-0.4, -0.2) is 0 Å². The molecule has 0 aliphatic heterocycles. The Kier molecular flexibility index (Phi) is 26.0. The molecule has 0 fully saturated rings. The van der Waals surface area contributed by atoms with Gasteiger partial charge in [-0.05, 0) is 19.3 Å². The van der Waals surface area contributed by atoms with Crippen LogP contribution in [0.15, 0.2) is 23.8 Å². The highest BCUT2D eigenvalue weighted by Crippen LogP contribution is 2.03. The zero-order chi connectivity index (χ0) is 13.4. The van der Waals surface area contributed by atoms with Gasteiger partial charge in [-0.2, -0.15) is 0 Å². The lowest BCUT2D eigenvalue weighted by atomic mass is 10.1. The number of hydrogen-bond donors (Lipinski definition) is 0. The molecule has 0 aromatic heterocycles. The molecule has 0 aliphatic rings. The molecule has 0 amide bonds. The lowest BCUT2D eigenvalue weighted by molar-refractivity contribution is 0.698. The fourth-order valence-electron chi connectivity index (χ4n) is 0.663.